The first-order valence-corrected chi connectivity index (χ1v) is 12.5. The Morgan fingerprint density at radius 2 is 1.25 bits per heavy atom. The van der Waals surface area contributed by atoms with E-state index in [1.807, 2.05) is 0 Å². The first-order chi connectivity index (χ1) is 15.9. The van der Waals surface area contributed by atoms with Crippen LogP contribution in [-0.4, -0.2) is 29.1 Å². The highest BCUT2D eigenvalue weighted by atomic mass is 15.3. The molecule has 4 aliphatic rings. The Hall–Kier alpha value is -2.42. The van der Waals surface area contributed by atoms with E-state index in [1.54, 1.807) is 0 Å². The van der Waals surface area contributed by atoms with Crippen LogP contribution in [0.5, 0.6) is 0 Å². The van der Waals surface area contributed by atoms with Crippen LogP contribution < -0.4 is 5.32 Å². The highest BCUT2D eigenvalue weighted by Gasteiger charge is 2.54. The zero-order valence-electron chi connectivity index (χ0n) is 18.8. The van der Waals surface area contributed by atoms with Gasteiger partial charge in [-0.25, -0.2) is 0 Å². The third-order valence-electron chi connectivity index (χ3n) is 8.33. The average Bonchev–Trinajstić information content (AvgIpc) is 2.85. The molecule has 4 fully saturated rings. The fourth-order valence-corrected chi connectivity index (χ4v) is 7.11. The number of rotatable bonds is 6. The first-order valence-electron chi connectivity index (χ1n) is 12.5. The molecule has 32 heavy (non-hydrogen) atoms. The van der Waals surface area contributed by atoms with E-state index in [1.165, 1.54) is 48.8 Å². The minimum Gasteiger partial charge on any atom is -0.308 e. The van der Waals surface area contributed by atoms with Crippen LogP contribution in [0.2, 0.25) is 0 Å². The summed E-state index contributed by atoms with van der Waals surface area (Å²) in [6.07, 6.45) is 6.91. The number of piperidine rings is 4. The van der Waals surface area contributed by atoms with Crippen LogP contribution in [0.4, 0.5) is 0 Å². The van der Waals surface area contributed by atoms with Crippen molar-refractivity contribution in [1.82, 2.24) is 10.2 Å². The van der Waals surface area contributed by atoms with Gasteiger partial charge in [0.1, 0.15) is 0 Å². The fourth-order valence-electron chi connectivity index (χ4n) is 7.11. The number of nitrogens with zero attached hydrogens (tertiary/aromatic N) is 1. The van der Waals surface area contributed by atoms with E-state index in [9.17, 15) is 0 Å². The molecule has 7 rings (SSSR count). The van der Waals surface area contributed by atoms with Crippen molar-refractivity contribution < 1.29 is 0 Å². The molecule has 4 bridgehead atoms. The van der Waals surface area contributed by atoms with Crippen molar-refractivity contribution in [2.24, 2.45) is 5.92 Å². The predicted octanol–water partition coefficient (Wildman–Crippen LogP) is 5.99. The molecule has 0 amide bonds. The molecular weight excluding hydrogens is 388 g/mol. The van der Waals surface area contributed by atoms with E-state index in [-0.39, 0.29) is 0 Å². The van der Waals surface area contributed by atoms with Crippen LogP contribution >= 0.6 is 0 Å². The molecule has 0 saturated carbocycles. The SMILES string of the molecule is c1ccc(CN[C@H]2C3C[C@H]4CCC[C@@H](C3)N4[C@H]2C(c2ccccc2)c2ccccc2)cc1. The minimum atomic E-state index is 0.400. The van der Waals surface area contributed by atoms with Gasteiger partial charge in [-0.15, -0.1) is 0 Å². The highest BCUT2D eigenvalue weighted by Crippen LogP contribution is 2.50. The molecule has 3 aromatic rings. The molecular formula is C30H34N2. The van der Waals surface area contributed by atoms with E-state index in [4.69, 9.17) is 0 Å². The molecule has 3 aromatic carbocycles. The number of benzene rings is 3. The van der Waals surface area contributed by atoms with Crippen LogP contribution in [0, 0.1) is 5.92 Å². The molecule has 4 aliphatic heterocycles. The number of hydrogen-bond donors (Lipinski definition) is 1. The van der Waals surface area contributed by atoms with Crippen molar-refractivity contribution in [2.75, 3.05) is 0 Å². The van der Waals surface area contributed by atoms with E-state index in [2.05, 4.69) is 101 Å². The first kappa shape index (κ1) is 20.2. The Bertz CT molecular complexity index is 949. The maximum atomic E-state index is 4.09. The lowest BCUT2D eigenvalue weighted by Crippen LogP contribution is -2.71. The molecule has 2 heteroatoms. The van der Waals surface area contributed by atoms with Gasteiger partial charge in [0.05, 0.1) is 0 Å². The Labute approximate surface area is 192 Å². The quantitative estimate of drug-likeness (QED) is 0.525. The monoisotopic (exact) mass is 422 g/mol. The van der Waals surface area contributed by atoms with Crippen LogP contribution in [0.3, 0.4) is 0 Å². The van der Waals surface area contributed by atoms with E-state index in [0.29, 0.717) is 18.0 Å². The normalized spacial score (nSPS) is 31.0. The van der Waals surface area contributed by atoms with E-state index in [0.717, 1.165) is 24.5 Å². The van der Waals surface area contributed by atoms with Gasteiger partial charge in [0.2, 0.25) is 0 Å². The van der Waals surface area contributed by atoms with Gasteiger partial charge >= 0.3 is 0 Å². The number of fused-ring (bicyclic) bond motifs is 1. The Morgan fingerprint density at radius 1 is 0.719 bits per heavy atom. The second kappa shape index (κ2) is 8.84. The summed E-state index contributed by atoms with van der Waals surface area (Å²) in [5.41, 5.74) is 4.31. The molecule has 2 unspecified atom stereocenters. The predicted molar refractivity (Wildman–Crippen MR) is 132 cm³/mol. The molecule has 164 valence electrons. The molecule has 4 heterocycles. The zero-order chi connectivity index (χ0) is 21.3. The second-order valence-corrected chi connectivity index (χ2v) is 10.1. The zero-order valence-corrected chi connectivity index (χ0v) is 18.8. The second-order valence-electron chi connectivity index (χ2n) is 10.1. The Morgan fingerprint density at radius 3 is 1.81 bits per heavy atom. The topological polar surface area (TPSA) is 15.3 Å². The molecule has 0 aromatic heterocycles. The minimum absolute atomic E-state index is 0.400. The lowest BCUT2D eigenvalue weighted by atomic mass is 9.63. The van der Waals surface area contributed by atoms with Gasteiger partial charge in [-0.1, -0.05) is 97.4 Å². The molecule has 2 nitrogen and oxygen atoms in total. The van der Waals surface area contributed by atoms with Crippen LogP contribution in [-0.2, 0) is 6.54 Å². The van der Waals surface area contributed by atoms with Gasteiger partial charge in [-0.05, 0) is 48.3 Å². The summed E-state index contributed by atoms with van der Waals surface area (Å²) in [5, 5.41) is 4.09. The van der Waals surface area contributed by atoms with Gasteiger partial charge in [0, 0.05) is 36.6 Å². The van der Waals surface area contributed by atoms with Gasteiger partial charge in [-0.2, -0.15) is 0 Å². The smallest absolute Gasteiger partial charge is 0.0367 e. The summed E-state index contributed by atoms with van der Waals surface area (Å²) >= 11 is 0. The lowest BCUT2D eigenvalue weighted by Gasteiger charge is -2.63. The van der Waals surface area contributed by atoms with Crippen LogP contribution in [0.15, 0.2) is 91.0 Å². The summed E-state index contributed by atoms with van der Waals surface area (Å²) in [6.45, 7) is 0.956. The van der Waals surface area contributed by atoms with Crippen molar-refractivity contribution in [2.45, 2.75) is 68.7 Å². The van der Waals surface area contributed by atoms with E-state index < -0.39 is 0 Å². The Kier molecular flexibility index (Phi) is 5.58. The highest BCUT2D eigenvalue weighted by molar-refractivity contribution is 5.36. The van der Waals surface area contributed by atoms with Crippen LogP contribution in [0.1, 0.15) is 54.7 Å². The third kappa shape index (κ3) is 3.70. The summed E-state index contributed by atoms with van der Waals surface area (Å²) < 4.78 is 0. The van der Waals surface area contributed by atoms with Crippen molar-refractivity contribution in [3.63, 3.8) is 0 Å². The van der Waals surface area contributed by atoms with Gasteiger partial charge in [0.15, 0.2) is 0 Å². The Balaban J connectivity index is 1.41. The largest absolute Gasteiger partial charge is 0.308 e. The summed E-state index contributed by atoms with van der Waals surface area (Å²) in [6, 6.07) is 36.1. The number of hydrogen-bond acceptors (Lipinski definition) is 2. The molecule has 0 radical (unpaired) electrons. The maximum Gasteiger partial charge on any atom is 0.0367 e. The summed E-state index contributed by atoms with van der Waals surface area (Å²) in [7, 11) is 0. The van der Waals surface area contributed by atoms with Crippen molar-refractivity contribution >= 4 is 0 Å². The van der Waals surface area contributed by atoms with Crippen molar-refractivity contribution in [1.29, 1.82) is 0 Å². The molecule has 6 atom stereocenters. The summed E-state index contributed by atoms with van der Waals surface area (Å²) in [4.78, 5) is 2.98. The standard InChI is InChI=1S/C30H34N2/c1-4-11-22(12-5-1)21-31-29-25-19-26-17-10-18-27(20-25)32(26)30(29)28(23-13-6-2-7-14-23)24-15-8-3-9-16-24/h1-9,11-16,25-31H,10,17-21H2/t25?,26-,27+,29-,30-/m0/s1. The molecule has 0 aliphatic carbocycles. The summed E-state index contributed by atoms with van der Waals surface area (Å²) in [5.74, 6) is 1.18. The van der Waals surface area contributed by atoms with Gasteiger partial charge in [0.25, 0.3) is 0 Å². The van der Waals surface area contributed by atoms with E-state index >= 15 is 0 Å². The lowest BCUT2D eigenvalue weighted by molar-refractivity contribution is -0.101. The average molecular weight is 423 g/mol. The van der Waals surface area contributed by atoms with Crippen molar-refractivity contribution in [3.8, 4) is 0 Å². The van der Waals surface area contributed by atoms with Crippen LogP contribution in [0.25, 0.3) is 0 Å². The van der Waals surface area contributed by atoms with Gasteiger partial charge in [-0.3, -0.25) is 4.90 Å². The van der Waals surface area contributed by atoms with Gasteiger partial charge < -0.3 is 5.32 Å². The molecule has 0 spiro atoms. The third-order valence-corrected chi connectivity index (χ3v) is 8.33. The molecule has 4 saturated heterocycles. The maximum absolute atomic E-state index is 4.09. The fraction of sp³-hybridized carbons (Fsp3) is 0.400. The number of nitrogens with one attached hydrogen (secondary N) is 1. The molecule has 1 N–H and O–H groups in total. The van der Waals surface area contributed by atoms with Crippen molar-refractivity contribution in [3.05, 3.63) is 108 Å².